The smallest absolute Gasteiger partial charge is 0.416 e. The number of nitrogens with one attached hydrogen (secondary N) is 3. The van der Waals surface area contributed by atoms with Gasteiger partial charge in [-0.3, -0.25) is 9.89 Å². The van der Waals surface area contributed by atoms with Crippen LogP contribution in [0.4, 0.5) is 23.8 Å². The van der Waals surface area contributed by atoms with Gasteiger partial charge in [0.2, 0.25) is 0 Å². The fourth-order valence-electron chi connectivity index (χ4n) is 4.15. The molecule has 2 aromatic heterocycles. The normalized spacial score (nSPS) is 14.3. The number of halogens is 3. The van der Waals surface area contributed by atoms with Crippen LogP contribution in [0.1, 0.15) is 58.1 Å². The summed E-state index contributed by atoms with van der Waals surface area (Å²) in [7, 11) is 0. The lowest BCUT2D eigenvalue weighted by atomic mass is 9.89. The van der Waals surface area contributed by atoms with E-state index >= 15 is 0 Å². The van der Waals surface area contributed by atoms with E-state index in [1.54, 1.807) is 23.8 Å². The van der Waals surface area contributed by atoms with Gasteiger partial charge >= 0.3 is 12.3 Å². The number of benzene rings is 1. The summed E-state index contributed by atoms with van der Waals surface area (Å²) in [6.45, 7) is 9.33. The zero-order chi connectivity index (χ0) is 30.4. The molecule has 3 atom stereocenters. The number of alkyl halides is 3. The predicted molar refractivity (Wildman–Crippen MR) is 147 cm³/mol. The van der Waals surface area contributed by atoms with Crippen molar-refractivity contribution in [3.63, 3.8) is 0 Å². The number of hydrogen-bond donors (Lipinski definition) is 4. The SMILES string of the molecule is CCCC[C@H](NC(=O)O[C@H](Cn1cnc(-c2cc(C)cc(C(F)(F)F)c2)c1)C(C)(C)C)[C@@H](O)C(=O)Nc1ccn[nH]1. The van der Waals surface area contributed by atoms with Crippen LogP contribution in [0.2, 0.25) is 0 Å². The molecule has 10 nitrogen and oxygen atoms in total. The minimum atomic E-state index is -4.48. The molecular weight excluding hydrogens is 541 g/mol. The molecular formula is C28H37F3N6O4. The Labute approximate surface area is 236 Å². The summed E-state index contributed by atoms with van der Waals surface area (Å²) in [5.74, 6) is -0.405. The summed E-state index contributed by atoms with van der Waals surface area (Å²) < 4.78 is 47.3. The number of carbonyl (C=O) groups excluding carboxylic acids is 2. The standard InChI is InChI=1S/C28H37F3N6O4/c1-6-7-8-20(24(38)25(39)35-23-9-10-33-36-23)34-26(40)41-22(27(3,4)5)15-37-14-21(32-16-37)18-11-17(2)12-19(13-18)28(29,30)31/h9-14,16,20,22,24,38H,6-8,15H2,1-5H3,(H,34,40)(H2,33,35,36,39)/t20-,22+,24+/m0/s1. The first-order chi connectivity index (χ1) is 19.2. The second kappa shape index (κ2) is 13.2. The maximum Gasteiger partial charge on any atom is 0.416 e. The van der Waals surface area contributed by atoms with E-state index in [4.69, 9.17) is 4.74 Å². The van der Waals surface area contributed by atoms with Crippen LogP contribution in [-0.2, 0) is 22.3 Å². The van der Waals surface area contributed by atoms with E-state index in [1.807, 2.05) is 27.7 Å². The second-order valence-electron chi connectivity index (χ2n) is 11.1. The van der Waals surface area contributed by atoms with Crippen LogP contribution in [0, 0.1) is 12.3 Å². The maximum absolute atomic E-state index is 13.3. The van der Waals surface area contributed by atoms with E-state index in [-0.39, 0.29) is 6.54 Å². The number of aliphatic hydroxyl groups excluding tert-OH is 1. The quantitative estimate of drug-likeness (QED) is 0.244. The van der Waals surface area contributed by atoms with Gasteiger partial charge in [0.05, 0.1) is 36.4 Å². The van der Waals surface area contributed by atoms with Crippen LogP contribution in [0.3, 0.4) is 0 Å². The Hall–Kier alpha value is -3.87. The van der Waals surface area contributed by atoms with E-state index in [9.17, 15) is 27.9 Å². The number of amides is 2. The number of ether oxygens (including phenoxy) is 1. The zero-order valence-electron chi connectivity index (χ0n) is 23.7. The van der Waals surface area contributed by atoms with Crippen LogP contribution in [0.15, 0.2) is 43.0 Å². The summed E-state index contributed by atoms with van der Waals surface area (Å²) in [6.07, 6.45) is -1.24. The van der Waals surface area contributed by atoms with E-state index in [2.05, 4.69) is 25.8 Å². The maximum atomic E-state index is 13.3. The molecule has 13 heteroatoms. The molecule has 41 heavy (non-hydrogen) atoms. The molecule has 0 spiro atoms. The number of aromatic nitrogens is 4. The molecule has 0 unspecified atom stereocenters. The van der Waals surface area contributed by atoms with Gasteiger partial charge in [-0.1, -0.05) is 40.5 Å². The Morgan fingerprint density at radius 2 is 1.93 bits per heavy atom. The first kappa shape index (κ1) is 31.7. The number of rotatable bonds is 11. The van der Waals surface area contributed by atoms with Crippen molar-refractivity contribution in [3.8, 4) is 11.3 Å². The molecule has 0 saturated carbocycles. The highest BCUT2D eigenvalue weighted by molar-refractivity contribution is 5.94. The highest BCUT2D eigenvalue weighted by atomic mass is 19.4. The topological polar surface area (TPSA) is 134 Å². The van der Waals surface area contributed by atoms with E-state index in [1.165, 1.54) is 18.6 Å². The molecule has 2 heterocycles. The van der Waals surface area contributed by atoms with Gasteiger partial charge in [0, 0.05) is 23.2 Å². The van der Waals surface area contributed by atoms with Crippen molar-refractivity contribution in [2.24, 2.45) is 5.41 Å². The van der Waals surface area contributed by atoms with Crippen LogP contribution in [0.25, 0.3) is 11.3 Å². The molecule has 0 aliphatic heterocycles. The average Bonchev–Trinajstić information content (AvgIpc) is 3.56. The van der Waals surface area contributed by atoms with Gasteiger partial charge in [-0.15, -0.1) is 0 Å². The Balaban J connectivity index is 1.72. The van der Waals surface area contributed by atoms with Gasteiger partial charge in [0.25, 0.3) is 5.91 Å². The Bertz CT molecular complexity index is 1300. The van der Waals surface area contributed by atoms with Gasteiger partial charge in [-0.2, -0.15) is 18.3 Å². The number of anilines is 1. The fraction of sp³-hybridized carbons (Fsp3) is 0.500. The lowest BCUT2D eigenvalue weighted by Gasteiger charge is -2.31. The van der Waals surface area contributed by atoms with Crippen LogP contribution in [-0.4, -0.2) is 55.1 Å². The molecule has 4 N–H and O–H groups in total. The first-order valence-corrected chi connectivity index (χ1v) is 13.3. The third kappa shape index (κ3) is 9.07. The van der Waals surface area contributed by atoms with Crippen molar-refractivity contribution in [2.75, 3.05) is 5.32 Å². The molecule has 0 bridgehead atoms. The minimum Gasteiger partial charge on any atom is -0.444 e. The molecule has 0 radical (unpaired) electrons. The van der Waals surface area contributed by atoms with Crippen molar-refractivity contribution < 1.29 is 32.6 Å². The molecule has 224 valence electrons. The number of unbranched alkanes of at least 4 members (excludes halogenated alkanes) is 1. The van der Waals surface area contributed by atoms with Crippen molar-refractivity contribution in [1.82, 2.24) is 25.1 Å². The molecule has 1 aromatic carbocycles. The predicted octanol–water partition coefficient (Wildman–Crippen LogP) is 5.30. The second-order valence-corrected chi connectivity index (χ2v) is 11.1. The van der Waals surface area contributed by atoms with E-state index in [0.717, 1.165) is 18.6 Å². The number of H-pyrrole nitrogens is 1. The molecule has 2 amide bonds. The van der Waals surface area contributed by atoms with E-state index < -0.39 is 47.4 Å². The van der Waals surface area contributed by atoms with Gasteiger partial charge in [-0.05, 0) is 37.1 Å². The summed E-state index contributed by atoms with van der Waals surface area (Å²) in [6, 6.07) is 4.37. The number of nitrogens with zero attached hydrogens (tertiary/aromatic N) is 3. The van der Waals surface area contributed by atoms with Gasteiger partial charge < -0.3 is 25.0 Å². The van der Waals surface area contributed by atoms with Crippen LogP contribution >= 0.6 is 0 Å². The van der Waals surface area contributed by atoms with Gasteiger partial charge in [0.15, 0.2) is 6.10 Å². The monoisotopic (exact) mass is 578 g/mol. The summed E-state index contributed by atoms with van der Waals surface area (Å²) in [4.78, 5) is 29.8. The first-order valence-electron chi connectivity index (χ1n) is 13.3. The number of aryl methyl sites for hydroxylation is 1. The molecule has 0 saturated heterocycles. The third-order valence-corrected chi connectivity index (χ3v) is 6.51. The average molecular weight is 579 g/mol. The molecule has 3 rings (SSSR count). The Kier molecular flexibility index (Phi) is 10.2. The molecule has 0 aliphatic rings. The Morgan fingerprint density at radius 1 is 1.20 bits per heavy atom. The van der Waals surface area contributed by atoms with Crippen molar-refractivity contribution in [2.45, 2.75) is 84.9 Å². The number of hydrogen-bond acceptors (Lipinski definition) is 6. The summed E-state index contributed by atoms with van der Waals surface area (Å²) >= 11 is 0. The van der Waals surface area contributed by atoms with Crippen molar-refractivity contribution >= 4 is 17.8 Å². The zero-order valence-corrected chi connectivity index (χ0v) is 23.7. The number of imidazole rings is 1. The number of aromatic amines is 1. The minimum absolute atomic E-state index is 0.171. The number of carbonyl (C=O) groups is 2. The van der Waals surface area contributed by atoms with E-state index in [0.29, 0.717) is 35.5 Å². The molecule has 0 fully saturated rings. The largest absolute Gasteiger partial charge is 0.444 e. The highest BCUT2D eigenvalue weighted by Crippen LogP contribution is 2.33. The molecule has 3 aromatic rings. The Morgan fingerprint density at radius 3 is 2.54 bits per heavy atom. The highest BCUT2D eigenvalue weighted by Gasteiger charge is 2.33. The van der Waals surface area contributed by atoms with Gasteiger partial charge in [0.1, 0.15) is 11.9 Å². The van der Waals surface area contributed by atoms with Crippen LogP contribution in [0.5, 0.6) is 0 Å². The fourth-order valence-corrected chi connectivity index (χ4v) is 4.15. The third-order valence-electron chi connectivity index (χ3n) is 6.51. The summed E-state index contributed by atoms with van der Waals surface area (Å²) in [5, 5.41) is 22.1. The van der Waals surface area contributed by atoms with Crippen LogP contribution < -0.4 is 10.6 Å². The van der Waals surface area contributed by atoms with Crippen molar-refractivity contribution in [3.05, 3.63) is 54.1 Å². The summed E-state index contributed by atoms with van der Waals surface area (Å²) in [5.41, 5.74) is -0.169. The van der Waals surface area contributed by atoms with Gasteiger partial charge in [-0.25, -0.2) is 9.78 Å². The lowest BCUT2D eigenvalue weighted by molar-refractivity contribution is -0.137. The number of aliphatic hydroxyl groups is 1. The number of alkyl carbamates (subject to hydrolysis) is 1. The lowest BCUT2D eigenvalue weighted by Crippen LogP contribution is -2.50. The molecule has 0 aliphatic carbocycles. The van der Waals surface area contributed by atoms with Crippen molar-refractivity contribution in [1.29, 1.82) is 0 Å².